The van der Waals surface area contributed by atoms with Crippen LogP contribution in [0.1, 0.15) is 33.6 Å². The van der Waals surface area contributed by atoms with Crippen LogP contribution >= 0.6 is 0 Å². The minimum absolute atomic E-state index is 0.235. The number of rotatable bonds is 5. The normalized spacial score (nSPS) is 10.9. The summed E-state index contributed by atoms with van der Waals surface area (Å²) in [6, 6.07) is -1.20. The average Bonchev–Trinajstić information content (AvgIpc) is 2.05. The maximum absolute atomic E-state index is 10.8. The Morgan fingerprint density at radius 2 is 1.71 bits per heavy atom. The topological polar surface area (TPSA) is 97.5 Å². The van der Waals surface area contributed by atoms with Crippen LogP contribution in [-0.2, 0) is 14.4 Å². The fraction of sp³-hybridized carbons (Fsp3) is 0.667. The second kappa shape index (κ2) is 8.37. The first-order valence-electron chi connectivity index (χ1n) is 4.43. The highest BCUT2D eigenvalue weighted by Crippen LogP contribution is 1.95. The number of hydrogen-bond donors (Lipinski definition) is 2. The van der Waals surface area contributed by atoms with E-state index in [9.17, 15) is 14.4 Å². The molecule has 0 bridgehead atoms. The highest BCUT2D eigenvalue weighted by Gasteiger charge is 2.16. The molecular weight excluding hydrogens is 186 g/mol. The van der Waals surface area contributed by atoms with Gasteiger partial charge >= 0.3 is 5.97 Å². The third-order valence-electron chi connectivity index (χ3n) is 1.21. The molecule has 82 valence electrons. The summed E-state index contributed by atoms with van der Waals surface area (Å²) in [4.78, 5) is 31.4. The van der Waals surface area contributed by atoms with Crippen LogP contribution in [0.2, 0.25) is 0 Å². The van der Waals surface area contributed by atoms with Gasteiger partial charge in [0.05, 0.1) is 6.42 Å². The summed E-state index contributed by atoms with van der Waals surface area (Å²) < 4.78 is 0. The van der Waals surface area contributed by atoms with Crippen molar-refractivity contribution in [3.8, 4) is 0 Å². The molecule has 1 unspecified atom stereocenters. The summed E-state index contributed by atoms with van der Waals surface area (Å²) in [5, 5.41) is 8.30. The van der Waals surface area contributed by atoms with Crippen molar-refractivity contribution in [2.45, 2.75) is 39.7 Å². The van der Waals surface area contributed by atoms with E-state index in [4.69, 9.17) is 10.8 Å². The van der Waals surface area contributed by atoms with Crippen LogP contribution < -0.4 is 5.73 Å². The highest BCUT2D eigenvalue weighted by atomic mass is 16.4. The lowest BCUT2D eigenvalue weighted by molar-refractivity contribution is -0.140. The Morgan fingerprint density at radius 1 is 1.29 bits per heavy atom. The molecule has 14 heavy (non-hydrogen) atoms. The van der Waals surface area contributed by atoms with Gasteiger partial charge in [-0.3, -0.25) is 14.4 Å². The van der Waals surface area contributed by atoms with Crippen molar-refractivity contribution in [1.82, 2.24) is 0 Å². The predicted molar refractivity (Wildman–Crippen MR) is 51.9 cm³/mol. The van der Waals surface area contributed by atoms with Gasteiger partial charge in [0.2, 0.25) is 0 Å². The summed E-state index contributed by atoms with van der Waals surface area (Å²) >= 11 is 0. The largest absolute Gasteiger partial charge is 0.480 e. The van der Waals surface area contributed by atoms with Crippen LogP contribution in [0.3, 0.4) is 0 Å². The van der Waals surface area contributed by atoms with E-state index >= 15 is 0 Å². The van der Waals surface area contributed by atoms with E-state index in [0.29, 0.717) is 0 Å². The van der Waals surface area contributed by atoms with Crippen molar-refractivity contribution in [2.75, 3.05) is 0 Å². The first-order chi connectivity index (χ1) is 6.43. The summed E-state index contributed by atoms with van der Waals surface area (Å²) in [7, 11) is 0. The van der Waals surface area contributed by atoms with Crippen molar-refractivity contribution in [3.05, 3.63) is 0 Å². The maximum Gasteiger partial charge on any atom is 0.320 e. The number of aliphatic carboxylic acids is 1. The van der Waals surface area contributed by atoms with Crippen LogP contribution in [0.15, 0.2) is 0 Å². The molecule has 0 aromatic rings. The van der Waals surface area contributed by atoms with Crippen LogP contribution in [0.4, 0.5) is 0 Å². The first-order valence-corrected chi connectivity index (χ1v) is 4.43. The summed E-state index contributed by atoms with van der Waals surface area (Å²) in [6.45, 7) is 5.27. The smallest absolute Gasteiger partial charge is 0.320 e. The Labute approximate surface area is 83.3 Å². The lowest BCUT2D eigenvalue weighted by atomic mass is 10.1. The molecule has 0 aromatic carbocycles. The third kappa shape index (κ3) is 8.86. The van der Waals surface area contributed by atoms with E-state index in [1.54, 1.807) is 0 Å². The fourth-order valence-electron chi connectivity index (χ4n) is 0.682. The molecule has 0 saturated heterocycles. The van der Waals surface area contributed by atoms with Gasteiger partial charge in [0.1, 0.15) is 17.6 Å². The minimum Gasteiger partial charge on any atom is -0.480 e. The zero-order valence-electron chi connectivity index (χ0n) is 8.74. The quantitative estimate of drug-likeness (QED) is 0.629. The van der Waals surface area contributed by atoms with E-state index in [1.807, 2.05) is 13.8 Å². The second-order valence-electron chi connectivity index (χ2n) is 2.57. The number of ketones is 2. The summed E-state index contributed by atoms with van der Waals surface area (Å²) in [6.07, 6.45) is -0.518. The first kappa shape index (κ1) is 15.3. The van der Waals surface area contributed by atoms with Crippen LogP contribution in [0.5, 0.6) is 0 Å². The third-order valence-corrected chi connectivity index (χ3v) is 1.21. The Kier molecular flexibility index (Phi) is 9.12. The fourth-order valence-corrected chi connectivity index (χ4v) is 0.682. The van der Waals surface area contributed by atoms with Crippen molar-refractivity contribution in [3.63, 3.8) is 0 Å². The molecule has 5 heteroatoms. The zero-order valence-corrected chi connectivity index (χ0v) is 8.74. The molecule has 0 saturated carbocycles. The molecule has 0 amide bonds. The van der Waals surface area contributed by atoms with Gasteiger partial charge in [0.25, 0.3) is 0 Å². The Balaban J connectivity index is 0. The van der Waals surface area contributed by atoms with Crippen molar-refractivity contribution < 1.29 is 19.5 Å². The number of carboxylic acid groups (broad SMARTS) is 1. The molecule has 0 aromatic heterocycles. The zero-order chi connectivity index (χ0) is 11.7. The summed E-state index contributed by atoms with van der Waals surface area (Å²) in [5.74, 6) is -1.94. The van der Waals surface area contributed by atoms with Gasteiger partial charge < -0.3 is 10.8 Å². The van der Waals surface area contributed by atoms with Gasteiger partial charge in [-0.1, -0.05) is 13.8 Å². The number of carbonyl (C=O) groups is 3. The van der Waals surface area contributed by atoms with Crippen molar-refractivity contribution >= 4 is 17.5 Å². The van der Waals surface area contributed by atoms with Crippen molar-refractivity contribution in [1.29, 1.82) is 0 Å². The number of hydrogen-bond acceptors (Lipinski definition) is 4. The van der Waals surface area contributed by atoms with Gasteiger partial charge in [-0.25, -0.2) is 0 Å². The molecule has 0 radical (unpaired) electrons. The molecule has 0 aliphatic carbocycles. The molecule has 0 fully saturated rings. The van der Waals surface area contributed by atoms with E-state index in [0.717, 1.165) is 0 Å². The molecule has 3 N–H and O–H groups in total. The monoisotopic (exact) mass is 203 g/mol. The second-order valence-corrected chi connectivity index (χ2v) is 2.57. The van der Waals surface area contributed by atoms with Crippen molar-refractivity contribution in [2.24, 2.45) is 5.73 Å². The molecule has 0 aliphatic rings. The Bertz CT molecular complexity index is 213. The summed E-state index contributed by atoms with van der Waals surface area (Å²) in [5.41, 5.74) is 5.06. The molecule has 0 aliphatic heterocycles. The number of Topliss-reactive ketones (excluding diaryl/α,β-unsaturated/α-hetero) is 2. The molecule has 5 nitrogen and oxygen atoms in total. The maximum atomic E-state index is 10.8. The number of nitrogens with two attached hydrogens (primary N) is 1. The van der Waals surface area contributed by atoms with Gasteiger partial charge in [-0.15, -0.1) is 0 Å². The lowest BCUT2D eigenvalue weighted by Gasteiger charge is -2.02. The molecular formula is C9H17NO4. The van der Waals surface area contributed by atoms with E-state index < -0.39 is 17.8 Å². The van der Waals surface area contributed by atoms with Gasteiger partial charge in [0, 0.05) is 6.42 Å². The standard InChI is InChI=1S/C7H11NO4.C2H6/c1-4(9)2-5(10)3-6(8)7(11)12;1-2/h6H,2-3,8H2,1H3,(H,11,12);1-2H3. The highest BCUT2D eigenvalue weighted by molar-refractivity contribution is 5.99. The van der Waals surface area contributed by atoms with Crippen LogP contribution in [0.25, 0.3) is 0 Å². The van der Waals surface area contributed by atoms with E-state index in [-0.39, 0.29) is 18.6 Å². The molecule has 0 rings (SSSR count). The van der Waals surface area contributed by atoms with Gasteiger partial charge in [-0.05, 0) is 6.92 Å². The number of carboxylic acids is 1. The van der Waals surface area contributed by atoms with Gasteiger partial charge in [0.15, 0.2) is 0 Å². The molecule has 0 heterocycles. The molecule has 1 atom stereocenters. The van der Waals surface area contributed by atoms with E-state index in [2.05, 4.69) is 0 Å². The Hall–Kier alpha value is -1.23. The predicted octanol–water partition coefficient (Wildman–Crippen LogP) is 0.363. The SMILES string of the molecule is CC.CC(=O)CC(=O)CC(N)C(=O)O. The lowest BCUT2D eigenvalue weighted by Crippen LogP contribution is -2.32. The van der Waals surface area contributed by atoms with Crippen LogP contribution in [0, 0.1) is 0 Å². The van der Waals surface area contributed by atoms with Crippen LogP contribution in [-0.4, -0.2) is 28.7 Å². The van der Waals surface area contributed by atoms with Gasteiger partial charge in [-0.2, -0.15) is 0 Å². The molecule has 0 spiro atoms. The minimum atomic E-state index is -1.23. The van der Waals surface area contributed by atoms with E-state index in [1.165, 1.54) is 6.92 Å². The number of carbonyl (C=O) groups excluding carboxylic acids is 2. The average molecular weight is 203 g/mol. The Morgan fingerprint density at radius 3 is 2.00 bits per heavy atom.